The zero-order valence-electron chi connectivity index (χ0n) is 11.5. The van der Waals surface area contributed by atoms with E-state index in [1.54, 1.807) is 0 Å². The summed E-state index contributed by atoms with van der Waals surface area (Å²) in [5, 5.41) is 13.1. The van der Waals surface area contributed by atoms with Crippen LogP contribution < -0.4 is 10.6 Å². The second kappa shape index (κ2) is 5.36. The monoisotopic (exact) mass is 270 g/mol. The summed E-state index contributed by atoms with van der Waals surface area (Å²) in [5.41, 5.74) is 4.05. The van der Waals surface area contributed by atoms with Gasteiger partial charge in [0.15, 0.2) is 5.82 Å². The Labute approximate surface area is 117 Å². The number of amides is 1. The molecule has 3 rings (SSSR count). The average molecular weight is 270 g/mol. The van der Waals surface area contributed by atoms with E-state index in [2.05, 4.69) is 27.8 Å². The average Bonchev–Trinajstić information content (AvgIpc) is 3.07. The number of fused-ring (bicyclic) bond motifs is 1. The Balaban J connectivity index is 1.72. The zero-order valence-corrected chi connectivity index (χ0v) is 11.5. The maximum atomic E-state index is 12.2. The lowest BCUT2D eigenvalue weighted by Crippen LogP contribution is -2.12. The van der Waals surface area contributed by atoms with Gasteiger partial charge in [0, 0.05) is 29.6 Å². The molecule has 1 aromatic carbocycles. The van der Waals surface area contributed by atoms with Crippen LogP contribution in [0.1, 0.15) is 35.0 Å². The smallest absolute Gasteiger partial charge is 0.256 e. The third-order valence-corrected chi connectivity index (χ3v) is 3.47. The zero-order chi connectivity index (χ0) is 13.9. The van der Waals surface area contributed by atoms with Crippen LogP contribution in [0.2, 0.25) is 0 Å². The van der Waals surface area contributed by atoms with Gasteiger partial charge in [0.25, 0.3) is 5.91 Å². The fourth-order valence-corrected chi connectivity index (χ4v) is 2.46. The number of carbonyl (C=O) groups is 1. The Bertz CT molecular complexity index is 633. The number of nitrogens with zero attached hydrogens (tertiary/aromatic N) is 1. The molecule has 0 atom stereocenters. The summed E-state index contributed by atoms with van der Waals surface area (Å²) in [6.07, 6.45) is 2.96. The van der Waals surface area contributed by atoms with E-state index in [1.165, 1.54) is 5.56 Å². The van der Waals surface area contributed by atoms with E-state index in [4.69, 9.17) is 0 Å². The number of hydrogen-bond donors (Lipinski definition) is 3. The van der Waals surface area contributed by atoms with Gasteiger partial charge in [0.2, 0.25) is 0 Å². The van der Waals surface area contributed by atoms with Crippen molar-refractivity contribution in [2.24, 2.45) is 0 Å². The number of hydrogen-bond acceptors (Lipinski definition) is 3. The Hall–Kier alpha value is -2.30. The quantitative estimate of drug-likeness (QED) is 0.799. The first kappa shape index (κ1) is 12.7. The van der Waals surface area contributed by atoms with Crippen molar-refractivity contribution in [1.29, 1.82) is 0 Å². The molecule has 104 valence electrons. The number of H-pyrrole nitrogens is 1. The summed E-state index contributed by atoms with van der Waals surface area (Å²) in [6, 6.07) is 7.64. The number of rotatable bonds is 4. The van der Waals surface area contributed by atoms with Gasteiger partial charge in [-0.25, -0.2) is 0 Å². The molecule has 0 fully saturated rings. The molecule has 5 heteroatoms. The molecule has 1 aliphatic rings. The molecule has 0 bridgehead atoms. The molecule has 0 unspecified atom stereocenters. The highest BCUT2D eigenvalue weighted by molar-refractivity contribution is 6.04. The largest absolute Gasteiger partial charge is 0.384 e. The molecule has 3 N–H and O–H groups in total. The summed E-state index contributed by atoms with van der Waals surface area (Å²) in [6.45, 7) is 3.05. The molecule has 0 spiro atoms. The van der Waals surface area contributed by atoms with Crippen LogP contribution in [0.15, 0.2) is 24.3 Å². The molecule has 2 aromatic rings. The first-order chi connectivity index (χ1) is 9.76. The normalized spacial score (nSPS) is 12.8. The van der Waals surface area contributed by atoms with E-state index in [0.29, 0.717) is 11.4 Å². The molecule has 0 aliphatic carbocycles. The maximum Gasteiger partial charge on any atom is 0.256 e. The molecule has 0 saturated carbocycles. The molecule has 1 aliphatic heterocycles. The molecule has 1 amide bonds. The Morgan fingerprint density at radius 1 is 1.40 bits per heavy atom. The van der Waals surface area contributed by atoms with Crippen molar-refractivity contribution >= 4 is 17.4 Å². The molecular weight excluding hydrogens is 252 g/mol. The maximum absolute atomic E-state index is 12.2. The number of benzene rings is 1. The topological polar surface area (TPSA) is 69.8 Å². The fraction of sp³-hybridized carbons (Fsp3) is 0.333. The van der Waals surface area contributed by atoms with Crippen LogP contribution in [0.3, 0.4) is 0 Å². The Kier molecular flexibility index (Phi) is 3.41. The van der Waals surface area contributed by atoms with Crippen LogP contribution in [-0.4, -0.2) is 22.6 Å². The lowest BCUT2D eigenvalue weighted by atomic mass is 10.1. The van der Waals surface area contributed by atoms with Crippen LogP contribution in [0.25, 0.3) is 0 Å². The van der Waals surface area contributed by atoms with Crippen molar-refractivity contribution in [3.63, 3.8) is 0 Å². The van der Waals surface area contributed by atoms with Crippen LogP contribution in [0.4, 0.5) is 11.5 Å². The number of nitrogens with one attached hydrogen (secondary N) is 3. The van der Waals surface area contributed by atoms with Gasteiger partial charge in [-0.3, -0.25) is 9.89 Å². The van der Waals surface area contributed by atoms with Gasteiger partial charge in [-0.05, 0) is 36.6 Å². The summed E-state index contributed by atoms with van der Waals surface area (Å²) in [5.74, 6) is 0.464. The van der Waals surface area contributed by atoms with Crippen LogP contribution in [0, 0.1) is 0 Å². The predicted molar refractivity (Wildman–Crippen MR) is 79.2 cm³/mol. The van der Waals surface area contributed by atoms with Gasteiger partial charge in [0.1, 0.15) is 0 Å². The summed E-state index contributed by atoms with van der Waals surface area (Å²) < 4.78 is 0. The van der Waals surface area contributed by atoms with E-state index in [9.17, 15) is 4.79 Å². The van der Waals surface area contributed by atoms with Crippen molar-refractivity contribution in [3.8, 4) is 0 Å². The SMILES string of the molecule is CCCc1cc(NC(=O)c2ccc3c(c2)CCN3)n[nH]1. The van der Waals surface area contributed by atoms with Crippen molar-refractivity contribution < 1.29 is 4.79 Å². The summed E-state index contributed by atoms with van der Waals surface area (Å²) in [4.78, 5) is 12.2. The lowest BCUT2D eigenvalue weighted by molar-refractivity contribution is 0.102. The van der Waals surface area contributed by atoms with E-state index < -0.39 is 0 Å². The Morgan fingerprint density at radius 3 is 3.15 bits per heavy atom. The number of carbonyl (C=O) groups excluding carboxylic acids is 1. The number of anilines is 2. The molecule has 0 saturated heterocycles. The number of aryl methyl sites for hydroxylation is 1. The minimum atomic E-state index is -0.116. The third-order valence-electron chi connectivity index (χ3n) is 3.47. The highest BCUT2D eigenvalue weighted by atomic mass is 16.1. The molecule has 20 heavy (non-hydrogen) atoms. The third kappa shape index (κ3) is 2.52. The van der Waals surface area contributed by atoms with Gasteiger partial charge in [-0.2, -0.15) is 5.10 Å². The summed E-state index contributed by atoms with van der Waals surface area (Å²) >= 11 is 0. The molecule has 2 heterocycles. The van der Waals surface area contributed by atoms with E-state index in [-0.39, 0.29) is 5.91 Å². The summed E-state index contributed by atoms with van der Waals surface area (Å²) in [7, 11) is 0. The number of aromatic nitrogens is 2. The predicted octanol–water partition coefficient (Wildman–Crippen LogP) is 2.58. The van der Waals surface area contributed by atoms with E-state index in [0.717, 1.165) is 37.2 Å². The lowest BCUT2D eigenvalue weighted by Gasteiger charge is -2.04. The first-order valence-corrected chi connectivity index (χ1v) is 6.98. The first-order valence-electron chi connectivity index (χ1n) is 6.98. The van der Waals surface area contributed by atoms with Gasteiger partial charge in [-0.15, -0.1) is 0 Å². The van der Waals surface area contributed by atoms with Gasteiger partial charge in [-0.1, -0.05) is 13.3 Å². The highest BCUT2D eigenvalue weighted by Gasteiger charge is 2.14. The van der Waals surface area contributed by atoms with Crippen LogP contribution in [0.5, 0.6) is 0 Å². The molecular formula is C15H18N4O. The second-order valence-corrected chi connectivity index (χ2v) is 5.03. The molecule has 5 nitrogen and oxygen atoms in total. The number of aromatic amines is 1. The molecule has 1 aromatic heterocycles. The minimum Gasteiger partial charge on any atom is -0.384 e. The van der Waals surface area contributed by atoms with Crippen LogP contribution >= 0.6 is 0 Å². The van der Waals surface area contributed by atoms with Crippen LogP contribution in [-0.2, 0) is 12.8 Å². The van der Waals surface area contributed by atoms with Crippen molar-refractivity contribution in [2.45, 2.75) is 26.2 Å². The minimum absolute atomic E-state index is 0.116. The van der Waals surface area contributed by atoms with Gasteiger partial charge in [0.05, 0.1) is 0 Å². The second-order valence-electron chi connectivity index (χ2n) is 5.03. The highest BCUT2D eigenvalue weighted by Crippen LogP contribution is 2.23. The van der Waals surface area contributed by atoms with Crippen molar-refractivity contribution in [2.75, 3.05) is 17.2 Å². The van der Waals surface area contributed by atoms with E-state index >= 15 is 0 Å². The van der Waals surface area contributed by atoms with Gasteiger partial charge < -0.3 is 10.6 Å². The van der Waals surface area contributed by atoms with Gasteiger partial charge >= 0.3 is 0 Å². The van der Waals surface area contributed by atoms with E-state index in [1.807, 2.05) is 24.3 Å². The van der Waals surface area contributed by atoms with Crippen molar-refractivity contribution in [3.05, 3.63) is 41.1 Å². The van der Waals surface area contributed by atoms with Crippen molar-refractivity contribution in [1.82, 2.24) is 10.2 Å². The fourth-order valence-electron chi connectivity index (χ4n) is 2.46. The molecule has 0 radical (unpaired) electrons. The Morgan fingerprint density at radius 2 is 2.30 bits per heavy atom. The standard InChI is InChI=1S/C15H18N4O/c1-2-3-12-9-14(19-18-12)17-15(20)11-4-5-13-10(8-11)6-7-16-13/h4-5,8-9,16H,2-3,6-7H2,1H3,(H2,17,18,19,20).